The Labute approximate surface area is 149 Å². The second-order valence-electron chi connectivity index (χ2n) is 5.45. The average Bonchev–Trinajstić information content (AvgIpc) is 3.10. The molecule has 1 aromatic carbocycles. The summed E-state index contributed by atoms with van der Waals surface area (Å²) in [4.78, 5) is 10.4. The molecule has 8 heteroatoms. The van der Waals surface area contributed by atoms with Gasteiger partial charge >= 0.3 is 5.97 Å². The first-order chi connectivity index (χ1) is 11.9. The van der Waals surface area contributed by atoms with Crippen LogP contribution in [0.25, 0.3) is 0 Å². The Hall–Kier alpha value is -2.29. The topological polar surface area (TPSA) is 97.3 Å². The van der Waals surface area contributed by atoms with Crippen LogP contribution in [-0.2, 0) is 4.79 Å². The third-order valence-corrected chi connectivity index (χ3v) is 3.74. The van der Waals surface area contributed by atoms with Crippen LogP contribution in [0, 0.1) is 0 Å². The highest BCUT2D eigenvalue weighted by Crippen LogP contribution is 2.18. The van der Waals surface area contributed by atoms with Crippen molar-refractivity contribution in [3.63, 3.8) is 0 Å². The number of carboxylic acid groups (broad SMARTS) is 1. The fourth-order valence-corrected chi connectivity index (χ4v) is 2.45. The highest BCUT2D eigenvalue weighted by molar-refractivity contribution is 7.08. The number of nitrogens with one attached hydrogen (secondary N) is 1. The zero-order chi connectivity index (χ0) is 18.1. The first-order valence-corrected chi connectivity index (χ1v) is 8.59. The molecule has 3 N–H and O–H groups in total. The van der Waals surface area contributed by atoms with Crippen molar-refractivity contribution in [1.29, 1.82) is 0 Å². The van der Waals surface area contributed by atoms with E-state index in [2.05, 4.69) is 5.32 Å². The summed E-state index contributed by atoms with van der Waals surface area (Å²) < 4.78 is 16.1. The third kappa shape index (κ3) is 7.42. The summed E-state index contributed by atoms with van der Waals surface area (Å²) in [6, 6.07) is 8.49. The zero-order valence-electron chi connectivity index (χ0n) is 13.8. The molecule has 0 aliphatic rings. The maximum atomic E-state index is 10.4. The lowest BCUT2D eigenvalue weighted by Gasteiger charge is -2.24. The molecule has 25 heavy (non-hydrogen) atoms. The lowest BCUT2D eigenvalue weighted by atomic mass is 10.3. The predicted molar refractivity (Wildman–Crippen MR) is 93.5 cm³/mol. The van der Waals surface area contributed by atoms with E-state index in [0.29, 0.717) is 24.7 Å². The van der Waals surface area contributed by atoms with Crippen molar-refractivity contribution in [2.24, 2.45) is 0 Å². The van der Waals surface area contributed by atoms with Gasteiger partial charge in [-0.05, 0) is 42.6 Å². The number of aliphatic hydroxyl groups is 1. The molecular formula is C17H21NO6S. The second kappa shape index (κ2) is 9.26. The van der Waals surface area contributed by atoms with Gasteiger partial charge in [0, 0.05) is 11.9 Å². The number of ether oxygens (including phenoxy) is 3. The Morgan fingerprint density at radius 1 is 1.12 bits per heavy atom. The minimum absolute atomic E-state index is 0.124. The highest BCUT2D eigenvalue weighted by Gasteiger charge is 2.20. The van der Waals surface area contributed by atoms with Crippen LogP contribution >= 0.6 is 11.3 Å². The molecule has 0 amide bonds. The zero-order valence-corrected chi connectivity index (χ0v) is 14.6. The average molecular weight is 367 g/mol. The van der Waals surface area contributed by atoms with Crippen LogP contribution in [0.3, 0.4) is 0 Å². The molecule has 1 unspecified atom stereocenters. The minimum Gasteiger partial charge on any atom is -0.492 e. The fourth-order valence-electron chi connectivity index (χ4n) is 1.88. The van der Waals surface area contributed by atoms with E-state index in [9.17, 15) is 9.90 Å². The molecule has 0 saturated carbocycles. The molecule has 1 aromatic heterocycles. The first-order valence-electron chi connectivity index (χ1n) is 7.64. The summed E-state index contributed by atoms with van der Waals surface area (Å²) in [6.45, 7) is 2.15. The molecular weight excluding hydrogens is 346 g/mol. The summed E-state index contributed by atoms with van der Waals surface area (Å²) in [6.07, 6.45) is 0. The van der Waals surface area contributed by atoms with Crippen LogP contribution in [0.1, 0.15) is 6.92 Å². The first kappa shape index (κ1) is 19.0. The van der Waals surface area contributed by atoms with Crippen molar-refractivity contribution in [3.05, 3.63) is 41.1 Å². The van der Waals surface area contributed by atoms with Gasteiger partial charge in [-0.15, -0.1) is 11.3 Å². The summed E-state index contributed by atoms with van der Waals surface area (Å²) in [5.74, 6) is 0.787. The van der Waals surface area contributed by atoms with Crippen molar-refractivity contribution >= 4 is 17.3 Å². The number of carboxylic acids is 1. The van der Waals surface area contributed by atoms with Gasteiger partial charge < -0.3 is 24.4 Å². The van der Waals surface area contributed by atoms with Gasteiger partial charge in [0.05, 0.1) is 0 Å². The van der Waals surface area contributed by atoms with Gasteiger partial charge in [-0.1, -0.05) is 0 Å². The number of hydrogen-bond acceptors (Lipinski definition) is 7. The molecule has 0 saturated heterocycles. The number of aliphatic carboxylic acids is 1. The Kier molecular flexibility index (Phi) is 7.05. The van der Waals surface area contributed by atoms with E-state index in [0.717, 1.165) is 5.75 Å². The van der Waals surface area contributed by atoms with Crippen molar-refractivity contribution in [3.8, 4) is 17.2 Å². The van der Waals surface area contributed by atoms with Crippen molar-refractivity contribution < 1.29 is 29.2 Å². The minimum atomic E-state index is -1.17. The van der Waals surface area contributed by atoms with Gasteiger partial charge in [-0.2, -0.15) is 0 Å². The van der Waals surface area contributed by atoms with E-state index < -0.39 is 11.7 Å². The van der Waals surface area contributed by atoms with Gasteiger partial charge in [0.1, 0.15) is 36.2 Å². The number of hydrogen-bond donors (Lipinski definition) is 3. The SMILES string of the molecule is CC(O)(COc1ccsc1)NCCOc1ccc(OCC(=O)O)cc1. The largest absolute Gasteiger partial charge is 0.492 e. The molecule has 1 atom stereocenters. The number of benzene rings is 1. The summed E-state index contributed by atoms with van der Waals surface area (Å²) in [5.41, 5.74) is -1.17. The van der Waals surface area contributed by atoms with E-state index in [1.807, 2.05) is 16.8 Å². The summed E-state index contributed by atoms with van der Waals surface area (Å²) in [5, 5.41) is 25.5. The quantitative estimate of drug-likeness (QED) is 0.413. The Bertz CT molecular complexity index is 642. The maximum absolute atomic E-state index is 10.4. The van der Waals surface area contributed by atoms with E-state index in [4.69, 9.17) is 19.3 Å². The predicted octanol–water partition coefficient (Wildman–Crippen LogP) is 1.97. The lowest BCUT2D eigenvalue weighted by Crippen LogP contribution is -2.48. The molecule has 0 radical (unpaired) electrons. The van der Waals surface area contributed by atoms with Gasteiger partial charge in [-0.25, -0.2) is 4.79 Å². The summed E-state index contributed by atoms with van der Waals surface area (Å²) in [7, 11) is 0. The van der Waals surface area contributed by atoms with Crippen LogP contribution in [0.2, 0.25) is 0 Å². The van der Waals surface area contributed by atoms with E-state index in [1.165, 1.54) is 11.3 Å². The van der Waals surface area contributed by atoms with E-state index in [-0.39, 0.29) is 13.2 Å². The van der Waals surface area contributed by atoms with Crippen molar-refractivity contribution in [2.75, 3.05) is 26.4 Å². The maximum Gasteiger partial charge on any atom is 0.341 e. The molecule has 7 nitrogen and oxygen atoms in total. The standard InChI is InChI=1S/C17H21NO6S/c1-17(21,12-24-15-6-9-25-11-15)18-7-8-22-13-2-4-14(5-3-13)23-10-16(19)20/h2-6,9,11,18,21H,7-8,10,12H2,1H3,(H,19,20). The van der Waals surface area contributed by atoms with Crippen molar-refractivity contribution in [2.45, 2.75) is 12.6 Å². The normalized spacial score (nSPS) is 13.0. The molecule has 0 aliphatic heterocycles. The van der Waals surface area contributed by atoms with Gasteiger partial charge in [0.15, 0.2) is 6.61 Å². The van der Waals surface area contributed by atoms with E-state index in [1.54, 1.807) is 31.2 Å². The second-order valence-corrected chi connectivity index (χ2v) is 6.23. The number of thiophene rings is 1. The summed E-state index contributed by atoms with van der Waals surface area (Å²) >= 11 is 1.53. The fraction of sp³-hybridized carbons (Fsp3) is 0.353. The van der Waals surface area contributed by atoms with Crippen LogP contribution in [0.15, 0.2) is 41.1 Å². The van der Waals surface area contributed by atoms with Gasteiger partial charge in [0.2, 0.25) is 0 Å². The Morgan fingerprint density at radius 2 is 1.80 bits per heavy atom. The number of carbonyl (C=O) groups is 1. The molecule has 0 fully saturated rings. The smallest absolute Gasteiger partial charge is 0.341 e. The molecule has 0 spiro atoms. The third-order valence-electron chi connectivity index (χ3n) is 3.08. The molecule has 0 aliphatic carbocycles. The highest BCUT2D eigenvalue weighted by atomic mass is 32.1. The molecule has 2 rings (SSSR count). The Morgan fingerprint density at radius 3 is 2.40 bits per heavy atom. The Balaban J connectivity index is 1.65. The van der Waals surface area contributed by atoms with Crippen LogP contribution in [-0.4, -0.2) is 48.3 Å². The van der Waals surface area contributed by atoms with Gasteiger partial charge in [0.25, 0.3) is 0 Å². The van der Waals surface area contributed by atoms with Crippen LogP contribution in [0.4, 0.5) is 0 Å². The lowest BCUT2D eigenvalue weighted by molar-refractivity contribution is -0.139. The van der Waals surface area contributed by atoms with Gasteiger partial charge in [-0.3, -0.25) is 5.32 Å². The molecule has 2 aromatic rings. The van der Waals surface area contributed by atoms with Crippen molar-refractivity contribution in [1.82, 2.24) is 5.32 Å². The van der Waals surface area contributed by atoms with Crippen LogP contribution < -0.4 is 19.5 Å². The molecule has 136 valence electrons. The monoisotopic (exact) mass is 367 g/mol. The van der Waals surface area contributed by atoms with E-state index >= 15 is 0 Å². The van der Waals surface area contributed by atoms with Crippen LogP contribution in [0.5, 0.6) is 17.2 Å². The number of rotatable bonds is 11. The molecule has 1 heterocycles. The molecule has 0 bridgehead atoms.